The van der Waals surface area contributed by atoms with Crippen LogP contribution in [0.3, 0.4) is 0 Å². The summed E-state index contributed by atoms with van der Waals surface area (Å²) < 4.78 is 0. The Bertz CT molecular complexity index is 334. The van der Waals surface area contributed by atoms with Crippen molar-refractivity contribution in [1.82, 2.24) is 4.90 Å². The molecule has 0 aromatic heterocycles. The Labute approximate surface area is 99.9 Å². The lowest BCUT2D eigenvalue weighted by Crippen LogP contribution is -2.45. The summed E-state index contributed by atoms with van der Waals surface area (Å²) in [5.74, 6) is -0.231. The van der Waals surface area contributed by atoms with Crippen molar-refractivity contribution < 1.29 is 14.7 Å². The van der Waals surface area contributed by atoms with Crippen LogP contribution in [0.5, 0.6) is 0 Å². The number of primary amides is 1. The van der Waals surface area contributed by atoms with Gasteiger partial charge in [0.25, 0.3) is 0 Å². The molecule has 6 heteroatoms. The van der Waals surface area contributed by atoms with Crippen molar-refractivity contribution in [3.8, 4) is 0 Å². The van der Waals surface area contributed by atoms with Gasteiger partial charge in [-0.2, -0.15) is 0 Å². The number of rotatable bonds is 3. The number of fused-ring (bicyclic) bond motifs is 1. The molecule has 0 aromatic rings. The molecule has 0 radical (unpaired) electrons. The van der Waals surface area contributed by atoms with Crippen LogP contribution in [0, 0.1) is 11.8 Å². The van der Waals surface area contributed by atoms with E-state index >= 15 is 0 Å². The first-order valence-electron chi connectivity index (χ1n) is 5.99. The quantitative estimate of drug-likeness (QED) is 0.553. The molecular weight excluding hydrogens is 222 g/mol. The molecule has 5 N–H and O–H groups in total. The summed E-state index contributed by atoms with van der Waals surface area (Å²) in [6.07, 6.45) is 1.36. The van der Waals surface area contributed by atoms with E-state index in [4.69, 9.17) is 11.5 Å². The van der Waals surface area contributed by atoms with E-state index in [1.54, 1.807) is 4.90 Å². The minimum absolute atomic E-state index is 0.118. The van der Waals surface area contributed by atoms with Crippen molar-refractivity contribution in [2.75, 3.05) is 13.1 Å². The van der Waals surface area contributed by atoms with E-state index in [1.165, 1.54) is 0 Å². The van der Waals surface area contributed by atoms with Crippen molar-refractivity contribution in [1.29, 1.82) is 0 Å². The van der Waals surface area contributed by atoms with Crippen LogP contribution >= 0.6 is 0 Å². The number of aliphatic hydroxyl groups is 1. The van der Waals surface area contributed by atoms with Crippen molar-refractivity contribution in [2.24, 2.45) is 23.3 Å². The number of carbonyl (C=O) groups is 2. The van der Waals surface area contributed by atoms with Crippen LogP contribution in [0.4, 0.5) is 0 Å². The fourth-order valence-electron chi connectivity index (χ4n) is 2.96. The molecule has 0 bridgehead atoms. The van der Waals surface area contributed by atoms with Crippen LogP contribution < -0.4 is 11.5 Å². The number of likely N-dealkylation sites (tertiary alicyclic amines) is 1. The predicted octanol–water partition coefficient (Wildman–Crippen LogP) is -1.58. The molecule has 2 fully saturated rings. The monoisotopic (exact) mass is 241 g/mol. The lowest BCUT2D eigenvalue weighted by molar-refractivity contribution is -0.134. The van der Waals surface area contributed by atoms with Gasteiger partial charge >= 0.3 is 0 Å². The van der Waals surface area contributed by atoms with E-state index in [2.05, 4.69) is 0 Å². The Morgan fingerprint density at radius 3 is 2.65 bits per heavy atom. The predicted molar refractivity (Wildman–Crippen MR) is 60.6 cm³/mol. The van der Waals surface area contributed by atoms with Crippen LogP contribution in [0.25, 0.3) is 0 Å². The fourth-order valence-corrected chi connectivity index (χ4v) is 2.96. The molecule has 2 amide bonds. The van der Waals surface area contributed by atoms with Crippen molar-refractivity contribution in [3.05, 3.63) is 0 Å². The van der Waals surface area contributed by atoms with Gasteiger partial charge in [0, 0.05) is 19.0 Å². The second-order valence-electron chi connectivity index (χ2n) is 5.09. The SMILES string of the molecule is NC(=O)CC(N)C(=O)N1CC2CCC(O)C2C1. The van der Waals surface area contributed by atoms with Gasteiger partial charge in [0.1, 0.15) is 0 Å². The van der Waals surface area contributed by atoms with E-state index in [0.29, 0.717) is 19.0 Å². The Hall–Kier alpha value is -1.14. The molecule has 0 aromatic carbocycles. The maximum atomic E-state index is 11.9. The third kappa shape index (κ3) is 2.42. The Morgan fingerprint density at radius 2 is 2.06 bits per heavy atom. The Kier molecular flexibility index (Phi) is 3.35. The summed E-state index contributed by atoms with van der Waals surface area (Å²) in [7, 11) is 0. The van der Waals surface area contributed by atoms with Gasteiger partial charge in [-0.15, -0.1) is 0 Å². The van der Waals surface area contributed by atoms with E-state index in [0.717, 1.165) is 12.8 Å². The highest BCUT2D eigenvalue weighted by Gasteiger charge is 2.43. The first kappa shape index (κ1) is 12.3. The zero-order valence-corrected chi connectivity index (χ0v) is 9.71. The third-order valence-electron chi connectivity index (χ3n) is 3.87. The topological polar surface area (TPSA) is 110 Å². The second kappa shape index (κ2) is 4.62. The zero-order valence-electron chi connectivity index (χ0n) is 9.71. The fraction of sp³-hybridized carbons (Fsp3) is 0.818. The Balaban J connectivity index is 1.92. The maximum absolute atomic E-state index is 11.9. The molecule has 2 rings (SSSR count). The van der Waals surface area contributed by atoms with Crippen molar-refractivity contribution >= 4 is 11.8 Å². The first-order valence-corrected chi connectivity index (χ1v) is 5.99. The molecular formula is C11H19N3O3. The molecule has 2 aliphatic rings. The van der Waals surface area contributed by atoms with Crippen molar-refractivity contribution in [3.63, 3.8) is 0 Å². The van der Waals surface area contributed by atoms with Gasteiger partial charge in [0.2, 0.25) is 11.8 Å². The number of nitrogens with two attached hydrogens (primary N) is 2. The van der Waals surface area contributed by atoms with Gasteiger partial charge in [0.05, 0.1) is 18.6 Å². The smallest absolute Gasteiger partial charge is 0.240 e. The molecule has 4 atom stereocenters. The highest BCUT2D eigenvalue weighted by molar-refractivity contribution is 5.87. The van der Waals surface area contributed by atoms with Crippen LogP contribution in [0.15, 0.2) is 0 Å². The van der Waals surface area contributed by atoms with Gasteiger partial charge in [-0.05, 0) is 18.8 Å². The second-order valence-corrected chi connectivity index (χ2v) is 5.09. The van der Waals surface area contributed by atoms with E-state index < -0.39 is 11.9 Å². The number of carbonyl (C=O) groups excluding carboxylic acids is 2. The van der Waals surface area contributed by atoms with Gasteiger partial charge in [-0.1, -0.05) is 0 Å². The van der Waals surface area contributed by atoms with Gasteiger partial charge in [-0.25, -0.2) is 0 Å². The lowest BCUT2D eigenvalue weighted by Gasteiger charge is -2.21. The van der Waals surface area contributed by atoms with Gasteiger partial charge < -0.3 is 21.5 Å². The molecule has 6 nitrogen and oxygen atoms in total. The number of aliphatic hydroxyl groups excluding tert-OH is 1. The van der Waals surface area contributed by atoms with Crippen molar-refractivity contribution in [2.45, 2.75) is 31.4 Å². The number of nitrogens with zero attached hydrogens (tertiary/aromatic N) is 1. The van der Waals surface area contributed by atoms with E-state index in [-0.39, 0.29) is 24.3 Å². The summed E-state index contributed by atoms with van der Waals surface area (Å²) in [5, 5.41) is 9.74. The Morgan fingerprint density at radius 1 is 1.35 bits per heavy atom. The lowest BCUT2D eigenvalue weighted by atomic mass is 10.00. The molecule has 0 spiro atoms. The number of amides is 2. The van der Waals surface area contributed by atoms with E-state index in [9.17, 15) is 14.7 Å². The summed E-state index contributed by atoms with van der Waals surface area (Å²) >= 11 is 0. The normalized spacial score (nSPS) is 33.5. The molecule has 96 valence electrons. The van der Waals surface area contributed by atoms with Gasteiger partial charge in [0.15, 0.2) is 0 Å². The molecule has 1 aliphatic carbocycles. The zero-order chi connectivity index (χ0) is 12.6. The van der Waals surface area contributed by atoms with Gasteiger partial charge in [-0.3, -0.25) is 9.59 Å². The minimum Gasteiger partial charge on any atom is -0.393 e. The molecule has 4 unspecified atom stereocenters. The van der Waals surface area contributed by atoms with Crippen LogP contribution in [-0.4, -0.2) is 47.1 Å². The highest BCUT2D eigenvalue weighted by atomic mass is 16.3. The van der Waals surface area contributed by atoms with Crippen LogP contribution in [0.2, 0.25) is 0 Å². The minimum atomic E-state index is -0.844. The first-order chi connectivity index (χ1) is 7.99. The summed E-state index contributed by atoms with van der Waals surface area (Å²) in [6.45, 7) is 1.20. The standard InChI is InChI=1S/C11H19N3O3/c12-8(3-10(13)16)11(17)14-4-6-1-2-9(15)7(6)5-14/h6-9,15H,1-5,12H2,(H2,13,16). The molecule has 1 aliphatic heterocycles. The summed E-state index contributed by atoms with van der Waals surface area (Å²) in [5.41, 5.74) is 10.6. The maximum Gasteiger partial charge on any atom is 0.240 e. The van der Waals surface area contributed by atoms with Crippen LogP contribution in [-0.2, 0) is 9.59 Å². The highest BCUT2D eigenvalue weighted by Crippen LogP contribution is 2.38. The average molecular weight is 241 g/mol. The third-order valence-corrected chi connectivity index (χ3v) is 3.87. The number of hydrogen-bond acceptors (Lipinski definition) is 4. The molecule has 1 saturated heterocycles. The number of hydrogen-bond donors (Lipinski definition) is 3. The molecule has 1 saturated carbocycles. The molecule has 1 heterocycles. The van der Waals surface area contributed by atoms with E-state index in [1.807, 2.05) is 0 Å². The largest absolute Gasteiger partial charge is 0.393 e. The summed E-state index contributed by atoms with van der Waals surface area (Å²) in [6, 6.07) is -0.844. The molecule has 17 heavy (non-hydrogen) atoms. The van der Waals surface area contributed by atoms with Crippen LogP contribution in [0.1, 0.15) is 19.3 Å². The average Bonchev–Trinajstić information content (AvgIpc) is 2.79. The summed E-state index contributed by atoms with van der Waals surface area (Å²) in [4.78, 5) is 24.3.